The van der Waals surface area contributed by atoms with Gasteiger partial charge in [0.2, 0.25) is 0 Å². The van der Waals surface area contributed by atoms with Crippen molar-refractivity contribution in [1.29, 1.82) is 5.26 Å². The van der Waals surface area contributed by atoms with Crippen LogP contribution in [0.1, 0.15) is 22.7 Å². The molecule has 6 nitrogen and oxygen atoms in total. The summed E-state index contributed by atoms with van der Waals surface area (Å²) in [5.41, 5.74) is 0.556. The van der Waals surface area contributed by atoms with E-state index >= 15 is 0 Å². The first-order chi connectivity index (χ1) is 15.9. The number of ether oxygens (including phenoxy) is 1. The molecule has 1 amide bonds. The molecule has 3 aromatic carbocycles. The Labute approximate surface area is 193 Å². The van der Waals surface area contributed by atoms with Gasteiger partial charge in [0.15, 0.2) is 0 Å². The van der Waals surface area contributed by atoms with E-state index in [-0.39, 0.29) is 33.2 Å². The number of Topliss-reactive ketones (excluding diaryl/α,β-unsaturated/α-hetero) is 1. The maximum Gasteiger partial charge on any atom is 0.300 e. The zero-order chi connectivity index (χ0) is 23.7. The van der Waals surface area contributed by atoms with Crippen molar-refractivity contribution in [2.45, 2.75) is 6.04 Å². The summed E-state index contributed by atoms with van der Waals surface area (Å²) in [5.74, 6) is -2.80. The van der Waals surface area contributed by atoms with Crippen LogP contribution in [0.2, 0.25) is 5.02 Å². The molecule has 33 heavy (non-hydrogen) atoms. The van der Waals surface area contributed by atoms with Gasteiger partial charge in [-0.15, -0.1) is 0 Å². The number of aliphatic hydroxyl groups excluding tert-OH is 1. The molecule has 0 spiro atoms. The van der Waals surface area contributed by atoms with Gasteiger partial charge in [0.1, 0.15) is 17.3 Å². The molecular formula is C25H16ClFN2O4. The number of carbonyl (C=O) groups excluding carboxylic acids is 2. The van der Waals surface area contributed by atoms with Gasteiger partial charge in [-0.1, -0.05) is 29.8 Å². The van der Waals surface area contributed by atoms with Crippen molar-refractivity contribution in [3.05, 3.63) is 99.8 Å². The number of rotatable bonds is 4. The van der Waals surface area contributed by atoms with Crippen molar-refractivity contribution >= 4 is 34.7 Å². The fraction of sp³-hybridized carbons (Fsp3) is 0.0800. The first-order valence-corrected chi connectivity index (χ1v) is 10.1. The maximum atomic E-state index is 14.9. The van der Waals surface area contributed by atoms with Crippen molar-refractivity contribution in [2.24, 2.45) is 0 Å². The molecule has 1 fully saturated rings. The number of ketones is 1. The standard InChI is InChI=1S/C25H16ClFN2O4/c1-33-20-12-15(8-11-18(20)26)23(30)21-22(17-4-2-3-5-19(17)27)29(25(32)24(21)31)16-9-6-14(13-28)7-10-16/h2-12,22,30H,1H3/b23-21+. The number of hydrogen-bond acceptors (Lipinski definition) is 5. The summed E-state index contributed by atoms with van der Waals surface area (Å²) in [7, 11) is 1.40. The quantitative estimate of drug-likeness (QED) is 0.335. The van der Waals surface area contributed by atoms with E-state index in [2.05, 4.69) is 0 Å². The number of methoxy groups -OCH3 is 1. The van der Waals surface area contributed by atoms with Crippen LogP contribution in [0.4, 0.5) is 10.1 Å². The molecule has 0 bridgehead atoms. The monoisotopic (exact) mass is 462 g/mol. The highest BCUT2D eigenvalue weighted by atomic mass is 35.5. The van der Waals surface area contributed by atoms with Crippen molar-refractivity contribution in [1.82, 2.24) is 0 Å². The van der Waals surface area contributed by atoms with Crippen molar-refractivity contribution in [3.8, 4) is 11.8 Å². The lowest BCUT2D eigenvalue weighted by atomic mass is 9.94. The highest BCUT2D eigenvalue weighted by Gasteiger charge is 2.47. The molecule has 0 saturated carbocycles. The molecule has 3 aromatic rings. The van der Waals surface area contributed by atoms with Crippen molar-refractivity contribution in [2.75, 3.05) is 12.0 Å². The smallest absolute Gasteiger partial charge is 0.300 e. The zero-order valence-corrected chi connectivity index (χ0v) is 18.0. The molecule has 1 aliphatic heterocycles. The van der Waals surface area contributed by atoms with E-state index in [4.69, 9.17) is 21.6 Å². The lowest BCUT2D eigenvalue weighted by Gasteiger charge is -2.25. The van der Waals surface area contributed by atoms with E-state index in [9.17, 15) is 19.1 Å². The summed E-state index contributed by atoms with van der Waals surface area (Å²) in [5, 5.41) is 20.5. The van der Waals surface area contributed by atoms with Crippen LogP contribution in [0.3, 0.4) is 0 Å². The van der Waals surface area contributed by atoms with Crippen LogP contribution in [-0.4, -0.2) is 23.9 Å². The summed E-state index contributed by atoms with van der Waals surface area (Å²) in [6, 6.07) is 16.8. The van der Waals surface area contributed by atoms with Gasteiger partial charge in [0.25, 0.3) is 11.7 Å². The summed E-state index contributed by atoms with van der Waals surface area (Å²) < 4.78 is 20.1. The zero-order valence-electron chi connectivity index (χ0n) is 17.3. The second kappa shape index (κ2) is 8.77. The molecular weight excluding hydrogens is 447 g/mol. The van der Waals surface area contributed by atoms with Gasteiger partial charge in [0.05, 0.1) is 35.4 Å². The molecule has 0 aromatic heterocycles. The molecule has 1 aliphatic rings. The molecule has 4 rings (SSSR count). The number of amides is 1. The summed E-state index contributed by atoms with van der Waals surface area (Å²) in [6.45, 7) is 0. The van der Waals surface area contributed by atoms with E-state index in [0.29, 0.717) is 5.56 Å². The maximum absolute atomic E-state index is 14.9. The molecule has 1 unspecified atom stereocenters. The minimum absolute atomic E-state index is 0.0311. The summed E-state index contributed by atoms with van der Waals surface area (Å²) >= 11 is 6.06. The number of anilines is 1. The van der Waals surface area contributed by atoms with Crippen molar-refractivity contribution < 1.29 is 23.8 Å². The average molecular weight is 463 g/mol. The Balaban J connectivity index is 1.96. The fourth-order valence-corrected chi connectivity index (χ4v) is 3.94. The van der Waals surface area contributed by atoms with E-state index in [1.807, 2.05) is 6.07 Å². The fourth-order valence-electron chi connectivity index (χ4n) is 3.75. The Kier molecular flexibility index (Phi) is 5.86. The normalized spacial score (nSPS) is 17.2. The Morgan fingerprint density at radius 2 is 1.82 bits per heavy atom. The first-order valence-electron chi connectivity index (χ1n) is 9.77. The average Bonchev–Trinajstić information content (AvgIpc) is 3.09. The van der Waals surface area contributed by atoms with E-state index in [1.165, 1.54) is 67.8 Å². The number of hydrogen-bond donors (Lipinski definition) is 1. The van der Waals surface area contributed by atoms with Crippen LogP contribution in [0.15, 0.2) is 72.3 Å². The minimum atomic E-state index is -1.24. The SMILES string of the molecule is COc1cc(/C(O)=C2\C(=O)C(=O)N(c3ccc(C#N)cc3)C2c2ccccc2F)ccc1Cl. The summed E-state index contributed by atoms with van der Waals surface area (Å²) in [4.78, 5) is 27.3. The highest BCUT2D eigenvalue weighted by molar-refractivity contribution is 6.51. The Bertz CT molecular complexity index is 1350. The molecule has 1 saturated heterocycles. The molecule has 0 aliphatic carbocycles. The third kappa shape index (κ3) is 3.81. The lowest BCUT2D eigenvalue weighted by molar-refractivity contribution is -0.132. The van der Waals surface area contributed by atoms with Gasteiger partial charge < -0.3 is 9.84 Å². The number of nitriles is 1. The summed E-state index contributed by atoms with van der Waals surface area (Å²) in [6.07, 6.45) is 0. The van der Waals surface area contributed by atoms with Crippen LogP contribution in [0.25, 0.3) is 5.76 Å². The van der Waals surface area contributed by atoms with Crippen LogP contribution < -0.4 is 9.64 Å². The minimum Gasteiger partial charge on any atom is -0.507 e. The Morgan fingerprint density at radius 3 is 2.45 bits per heavy atom. The number of benzene rings is 3. The van der Waals surface area contributed by atoms with Crippen LogP contribution >= 0.6 is 11.6 Å². The molecule has 1 heterocycles. The van der Waals surface area contributed by atoms with Gasteiger partial charge in [-0.05, 0) is 48.5 Å². The predicted molar refractivity (Wildman–Crippen MR) is 120 cm³/mol. The Morgan fingerprint density at radius 1 is 1.12 bits per heavy atom. The van der Waals surface area contributed by atoms with E-state index in [0.717, 1.165) is 4.90 Å². The predicted octanol–water partition coefficient (Wildman–Crippen LogP) is 4.99. The van der Waals surface area contributed by atoms with Gasteiger partial charge >= 0.3 is 0 Å². The molecule has 1 atom stereocenters. The Hall–Kier alpha value is -4.15. The largest absolute Gasteiger partial charge is 0.507 e. The molecule has 1 N–H and O–H groups in total. The highest BCUT2D eigenvalue weighted by Crippen LogP contribution is 2.43. The third-order valence-electron chi connectivity index (χ3n) is 5.34. The van der Waals surface area contributed by atoms with Gasteiger partial charge in [0, 0.05) is 16.8 Å². The number of aliphatic hydroxyl groups is 1. The molecule has 0 radical (unpaired) electrons. The van der Waals surface area contributed by atoms with Gasteiger partial charge in [-0.25, -0.2) is 4.39 Å². The second-order valence-electron chi connectivity index (χ2n) is 7.20. The van der Waals surface area contributed by atoms with Gasteiger partial charge in [-0.3, -0.25) is 14.5 Å². The topological polar surface area (TPSA) is 90.6 Å². The number of carbonyl (C=O) groups is 2. The second-order valence-corrected chi connectivity index (χ2v) is 7.61. The van der Waals surface area contributed by atoms with Crippen LogP contribution in [0, 0.1) is 17.1 Å². The third-order valence-corrected chi connectivity index (χ3v) is 5.66. The van der Waals surface area contributed by atoms with E-state index in [1.54, 1.807) is 6.07 Å². The molecule has 164 valence electrons. The van der Waals surface area contributed by atoms with Crippen LogP contribution in [-0.2, 0) is 9.59 Å². The number of halogens is 2. The van der Waals surface area contributed by atoms with Crippen LogP contribution in [0.5, 0.6) is 5.75 Å². The number of nitrogens with zero attached hydrogens (tertiary/aromatic N) is 2. The van der Waals surface area contributed by atoms with Crippen molar-refractivity contribution in [3.63, 3.8) is 0 Å². The lowest BCUT2D eigenvalue weighted by Crippen LogP contribution is -2.29. The van der Waals surface area contributed by atoms with Gasteiger partial charge in [-0.2, -0.15) is 5.26 Å². The first kappa shape index (κ1) is 22.1. The van der Waals surface area contributed by atoms with E-state index < -0.39 is 29.3 Å². The molecule has 8 heteroatoms.